The molecule has 6 heteroatoms. The van der Waals surface area contributed by atoms with Crippen LogP contribution in [0.3, 0.4) is 0 Å². The second kappa shape index (κ2) is 9.10. The number of anilines is 2. The van der Waals surface area contributed by atoms with Crippen LogP contribution in [0, 0.1) is 6.92 Å². The van der Waals surface area contributed by atoms with Crippen LogP contribution in [0.15, 0.2) is 66.9 Å². The number of carbonyl (C=O) groups is 1. The van der Waals surface area contributed by atoms with Crippen molar-refractivity contribution in [1.82, 2.24) is 4.98 Å². The zero-order valence-electron chi connectivity index (χ0n) is 18.0. The van der Waals surface area contributed by atoms with Crippen LogP contribution < -0.4 is 10.2 Å². The Morgan fingerprint density at radius 2 is 1.84 bits per heavy atom. The zero-order valence-corrected chi connectivity index (χ0v) is 18.8. The van der Waals surface area contributed by atoms with Crippen molar-refractivity contribution >= 4 is 38.8 Å². The predicted octanol–water partition coefficient (Wildman–Crippen LogP) is 5.28. The Morgan fingerprint density at radius 3 is 2.59 bits per heavy atom. The lowest BCUT2D eigenvalue weighted by molar-refractivity contribution is 0.103. The molecule has 5 rings (SSSR count). The van der Waals surface area contributed by atoms with E-state index in [1.54, 1.807) is 17.5 Å². The lowest BCUT2D eigenvalue weighted by Gasteiger charge is -2.27. The van der Waals surface area contributed by atoms with E-state index in [-0.39, 0.29) is 5.91 Å². The molecule has 4 aromatic rings. The Bertz CT molecular complexity index is 1230. The lowest BCUT2D eigenvalue weighted by atomic mass is 10.0. The molecule has 0 spiro atoms. The van der Waals surface area contributed by atoms with Crippen molar-refractivity contribution in [2.24, 2.45) is 0 Å². The number of carbonyl (C=O) groups excluding carboxylic acids is 1. The SMILES string of the molecule is Cc1ccc(Cc2c(C(=O)Nc3ccc(N4CCOCC4)nc3)sc3ccccc23)cc1. The molecule has 0 unspecified atom stereocenters. The molecule has 0 bridgehead atoms. The van der Waals surface area contributed by atoms with Gasteiger partial charge in [0.1, 0.15) is 5.82 Å². The number of nitrogens with zero attached hydrogens (tertiary/aromatic N) is 2. The highest BCUT2D eigenvalue weighted by Gasteiger charge is 2.19. The molecular formula is C26H25N3O2S. The standard InChI is InChI=1S/C26H25N3O2S/c1-18-6-8-19(9-7-18)16-22-21-4-2-3-5-23(21)32-25(22)26(30)28-20-10-11-24(27-17-20)29-12-14-31-15-13-29/h2-11,17H,12-16H2,1H3,(H,28,30). The van der Waals surface area contributed by atoms with Crippen molar-refractivity contribution in [3.05, 3.63) is 88.4 Å². The normalized spacial score (nSPS) is 14.0. The summed E-state index contributed by atoms with van der Waals surface area (Å²) in [5.41, 5.74) is 4.20. The van der Waals surface area contributed by atoms with Crippen molar-refractivity contribution < 1.29 is 9.53 Å². The number of aromatic nitrogens is 1. The second-order valence-corrected chi connectivity index (χ2v) is 9.08. The van der Waals surface area contributed by atoms with Crippen molar-refractivity contribution in [2.75, 3.05) is 36.5 Å². The van der Waals surface area contributed by atoms with E-state index in [0.717, 1.165) is 59.1 Å². The van der Waals surface area contributed by atoms with E-state index < -0.39 is 0 Å². The molecule has 0 saturated carbocycles. The molecule has 0 aliphatic carbocycles. The number of benzene rings is 2. The fourth-order valence-electron chi connectivity index (χ4n) is 4.00. The minimum atomic E-state index is -0.0887. The van der Waals surface area contributed by atoms with Gasteiger partial charge in [0.25, 0.3) is 5.91 Å². The molecule has 1 N–H and O–H groups in total. The molecule has 1 amide bonds. The van der Waals surface area contributed by atoms with Crippen molar-refractivity contribution in [1.29, 1.82) is 0 Å². The Labute approximate surface area is 191 Å². The van der Waals surface area contributed by atoms with Crippen LogP contribution in [-0.4, -0.2) is 37.2 Å². The first-order valence-electron chi connectivity index (χ1n) is 10.8. The molecular weight excluding hydrogens is 418 g/mol. The van der Waals surface area contributed by atoms with Gasteiger partial charge in [0.15, 0.2) is 0 Å². The molecule has 1 aliphatic heterocycles. The lowest BCUT2D eigenvalue weighted by Crippen LogP contribution is -2.36. The zero-order chi connectivity index (χ0) is 21.9. The number of ether oxygens (including phenoxy) is 1. The molecule has 1 saturated heterocycles. The molecule has 1 fully saturated rings. The minimum Gasteiger partial charge on any atom is -0.378 e. The van der Waals surface area contributed by atoms with Gasteiger partial charge in [-0.1, -0.05) is 48.0 Å². The van der Waals surface area contributed by atoms with Crippen LogP contribution in [0.1, 0.15) is 26.4 Å². The van der Waals surface area contributed by atoms with E-state index in [2.05, 4.69) is 58.5 Å². The van der Waals surface area contributed by atoms with Crippen molar-refractivity contribution in [3.8, 4) is 0 Å². The number of fused-ring (bicyclic) bond motifs is 1. The molecule has 162 valence electrons. The largest absolute Gasteiger partial charge is 0.378 e. The van der Waals surface area contributed by atoms with Gasteiger partial charge in [-0.15, -0.1) is 11.3 Å². The highest BCUT2D eigenvalue weighted by Crippen LogP contribution is 2.33. The Morgan fingerprint density at radius 1 is 1.06 bits per heavy atom. The second-order valence-electron chi connectivity index (χ2n) is 8.03. The summed E-state index contributed by atoms with van der Waals surface area (Å²) in [7, 11) is 0. The monoisotopic (exact) mass is 443 g/mol. The third kappa shape index (κ3) is 4.38. The number of pyridine rings is 1. The van der Waals surface area contributed by atoms with Gasteiger partial charge in [-0.05, 0) is 48.1 Å². The van der Waals surface area contributed by atoms with Crippen LogP contribution in [0.5, 0.6) is 0 Å². The van der Waals surface area contributed by atoms with Crippen LogP contribution in [0.4, 0.5) is 11.5 Å². The van der Waals surface area contributed by atoms with E-state index in [1.807, 2.05) is 24.3 Å². The Kier molecular flexibility index (Phi) is 5.88. The third-order valence-corrected chi connectivity index (χ3v) is 6.96. The maximum absolute atomic E-state index is 13.3. The number of hydrogen-bond donors (Lipinski definition) is 1. The summed E-state index contributed by atoms with van der Waals surface area (Å²) in [6.45, 7) is 5.19. The van der Waals surface area contributed by atoms with Gasteiger partial charge >= 0.3 is 0 Å². The molecule has 5 nitrogen and oxygen atoms in total. The first kappa shape index (κ1) is 20.7. The van der Waals surface area contributed by atoms with Crippen LogP contribution >= 0.6 is 11.3 Å². The minimum absolute atomic E-state index is 0.0887. The van der Waals surface area contributed by atoms with Gasteiger partial charge in [-0.3, -0.25) is 4.79 Å². The predicted molar refractivity (Wildman–Crippen MR) is 131 cm³/mol. The van der Waals surface area contributed by atoms with Gasteiger partial charge in [-0.2, -0.15) is 0 Å². The number of nitrogens with one attached hydrogen (secondary N) is 1. The summed E-state index contributed by atoms with van der Waals surface area (Å²) in [5.74, 6) is 0.822. The Hall–Kier alpha value is -3.22. The van der Waals surface area contributed by atoms with Crippen molar-refractivity contribution in [2.45, 2.75) is 13.3 Å². The van der Waals surface area contributed by atoms with Crippen LogP contribution in [0.2, 0.25) is 0 Å². The van der Waals surface area contributed by atoms with Crippen LogP contribution in [0.25, 0.3) is 10.1 Å². The van der Waals surface area contributed by atoms with E-state index in [1.165, 1.54) is 11.1 Å². The number of morpholine rings is 1. The molecule has 2 aromatic heterocycles. The number of thiophene rings is 1. The molecule has 1 aliphatic rings. The first-order valence-corrected chi connectivity index (χ1v) is 11.6. The van der Waals surface area contributed by atoms with Gasteiger partial charge in [-0.25, -0.2) is 4.98 Å². The summed E-state index contributed by atoms with van der Waals surface area (Å²) >= 11 is 1.54. The fourth-order valence-corrected chi connectivity index (χ4v) is 5.11. The molecule has 0 radical (unpaired) electrons. The summed E-state index contributed by atoms with van der Waals surface area (Å²) in [4.78, 5) is 20.8. The van der Waals surface area contributed by atoms with E-state index in [9.17, 15) is 4.79 Å². The average Bonchev–Trinajstić information content (AvgIpc) is 3.20. The Balaban J connectivity index is 1.40. The van der Waals surface area contributed by atoms with Crippen LogP contribution in [-0.2, 0) is 11.2 Å². The fraction of sp³-hybridized carbons (Fsp3) is 0.231. The summed E-state index contributed by atoms with van der Waals surface area (Å²) in [6.07, 6.45) is 2.46. The molecule has 0 atom stereocenters. The van der Waals surface area contributed by atoms with Gasteiger partial charge in [0, 0.05) is 17.8 Å². The maximum Gasteiger partial charge on any atom is 0.266 e. The first-order chi connectivity index (χ1) is 15.7. The van der Waals surface area contributed by atoms with E-state index in [0.29, 0.717) is 5.69 Å². The highest BCUT2D eigenvalue weighted by atomic mass is 32.1. The number of rotatable bonds is 5. The van der Waals surface area contributed by atoms with E-state index in [4.69, 9.17) is 4.74 Å². The summed E-state index contributed by atoms with van der Waals surface area (Å²) in [6, 6.07) is 20.6. The maximum atomic E-state index is 13.3. The highest BCUT2D eigenvalue weighted by molar-refractivity contribution is 7.21. The molecule has 32 heavy (non-hydrogen) atoms. The van der Waals surface area contributed by atoms with Gasteiger partial charge in [0.05, 0.1) is 30.0 Å². The number of amides is 1. The van der Waals surface area contributed by atoms with Gasteiger partial charge in [0.2, 0.25) is 0 Å². The van der Waals surface area contributed by atoms with Crippen molar-refractivity contribution in [3.63, 3.8) is 0 Å². The van der Waals surface area contributed by atoms with Gasteiger partial charge < -0.3 is 15.0 Å². The smallest absolute Gasteiger partial charge is 0.266 e. The third-order valence-electron chi connectivity index (χ3n) is 5.75. The summed E-state index contributed by atoms with van der Waals surface area (Å²) < 4.78 is 6.53. The topological polar surface area (TPSA) is 54.5 Å². The number of hydrogen-bond acceptors (Lipinski definition) is 5. The quantitative estimate of drug-likeness (QED) is 0.456. The summed E-state index contributed by atoms with van der Waals surface area (Å²) in [5, 5.41) is 4.19. The molecule has 2 aromatic carbocycles. The number of aryl methyl sites for hydroxylation is 1. The molecule has 3 heterocycles. The van der Waals surface area contributed by atoms with E-state index >= 15 is 0 Å². The average molecular weight is 444 g/mol.